The summed E-state index contributed by atoms with van der Waals surface area (Å²) < 4.78 is 0. The van der Waals surface area contributed by atoms with Crippen LogP contribution in [0.4, 0.5) is 0 Å². The lowest BCUT2D eigenvalue weighted by atomic mass is 9.55. The average molecular weight is 220 g/mol. The molecule has 16 heavy (non-hydrogen) atoms. The van der Waals surface area contributed by atoms with Gasteiger partial charge in [0.05, 0.1) is 6.61 Å². The molecule has 1 spiro atoms. The predicted molar refractivity (Wildman–Crippen MR) is 66.1 cm³/mol. The molecule has 90 valence electrons. The van der Waals surface area contributed by atoms with Crippen LogP contribution < -0.4 is 0 Å². The van der Waals surface area contributed by atoms with Crippen molar-refractivity contribution in [1.29, 1.82) is 0 Å². The summed E-state index contributed by atoms with van der Waals surface area (Å²) in [7, 11) is 0. The molecule has 0 aromatic rings. The molecule has 0 heterocycles. The Kier molecular flexibility index (Phi) is 1.98. The van der Waals surface area contributed by atoms with Gasteiger partial charge in [-0.3, -0.25) is 0 Å². The van der Waals surface area contributed by atoms with Crippen molar-refractivity contribution in [3.63, 3.8) is 0 Å². The highest BCUT2D eigenvalue weighted by Crippen LogP contribution is 2.77. The van der Waals surface area contributed by atoms with Crippen molar-refractivity contribution >= 4 is 0 Å². The summed E-state index contributed by atoms with van der Waals surface area (Å²) in [5.41, 5.74) is 2.38. The minimum Gasteiger partial charge on any atom is -0.395 e. The Labute approximate surface area is 98.9 Å². The van der Waals surface area contributed by atoms with Gasteiger partial charge in [-0.15, -0.1) is 0 Å². The van der Waals surface area contributed by atoms with Crippen molar-refractivity contribution in [2.24, 2.45) is 22.2 Å². The molecule has 4 atom stereocenters. The van der Waals surface area contributed by atoms with Crippen LogP contribution in [0.5, 0.6) is 0 Å². The fourth-order valence-corrected chi connectivity index (χ4v) is 5.95. The summed E-state index contributed by atoms with van der Waals surface area (Å²) >= 11 is 0. The topological polar surface area (TPSA) is 20.2 Å². The Morgan fingerprint density at radius 1 is 1.38 bits per heavy atom. The lowest BCUT2D eigenvalue weighted by molar-refractivity contribution is -0.0228. The van der Waals surface area contributed by atoms with Crippen LogP contribution in [0.1, 0.15) is 52.9 Å². The highest BCUT2D eigenvalue weighted by atomic mass is 16.3. The molecule has 2 fully saturated rings. The van der Waals surface area contributed by atoms with E-state index in [1.165, 1.54) is 37.7 Å². The van der Waals surface area contributed by atoms with Gasteiger partial charge in [0, 0.05) is 5.41 Å². The van der Waals surface area contributed by atoms with Crippen molar-refractivity contribution in [3.05, 3.63) is 11.6 Å². The fraction of sp³-hybridized carbons (Fsp3) is 0.867. The molecule has 0 bridgehead atoms. The van der Waals surface area contributed by atoms with Crippen molar-refractivity contribution < 1.29 is 5.11 Å². The standard InChI is InChI=1S/C15H24O/c1-11-5-8-14(10-16)12(2)9-13(3)6-4-7-15(11,13)14/h9,11,16H,4-8,10H2,1-3H3/t11-,13+,14-,15-/m0/s1. The maximum absolute atomic E-state index is 10.0. The number of aliphatic hydroxyl groups is 1. The van der Waals surface area contributed by atoms with Gasteiger partial charge < -0.3 is 5.11 Å². The second-order valence-corrected chi connectivity index (χ2v) is 6.75. The normalized spacial score (nSPS) is 55.0. The highest BCUT2D eigenvalue weighted by Gasteiger charge is 2.70. The summed E-state index contributed by atoms with van der Waals surface area (Å²) in [6.45, 7) is 7.50. The van der Waals surface area contributed by atoms with Crippen LogP contribution in [0.15, 0.2) is 11.6 Å². The van der Waals surface area contributed by atoms with E-state index in [4.69, 9.17) is 0 Å². The predicted octanol–water partition coefficient (Wildman–Crippen LogP) is 3.53. The Bertz CT molecular complexity index is 358. The van der Waals surface area contributed by atoms with E-state index in [0.717, 1.165) is 5.92 Å². The van der Waals surface area contributed by atoms with E-state index in [1.54, 1.807) is 0 Å². The number of aliphatic hydroxyl groups excluding tert-OH is 1. The zero-order valence-electron chi connectivity index (χ0n) is 10.8. The molecule has 0 aromatic heterocycles. The molecular formula is C15H24O. The number of hydrogen-bond donors (Lipinski definition) is 1. The summed E-state index contributed by atoms with van der Waals surface area (Å²) in [4.78, 5) is 0. The monoisotopic (exact) mass is 220 g/mol. The van der Waals surface area contributed by atoms with Crippen LogP contribution in [-0.2, 0) is 0 Å². The van der Waals surface area contributed by atoms with Crippen LogP contribution in [0, 0.1) is 22.2 Å². The fourth-order valence-electron chi connectivity index (χ4n) is 5.95. The Balaban J connectivity index is 2.22. The van der Waals surface area contributed by atoms with Crippen LogP contribution in [-0.4, -0.2) is 11.7 Å². The van der Waals surface area contributed by atoms with Crippen molar-refractivity contribution in [3.8, 4) is 0 Å². The second kappa shape index (κ2) is 2.93. The van der Waals surface area contributed by atoms with E-state index in [2.05, 4.69) is 26.8 Å². The van der Waals surface area contributed by atoms with E-state index >= 15 is 0 Å². The first-order valence-electron chi connectivity index (χ1n) is 6.83. The van der Waals surface area contributed by atoms with E-state index in [0.29, 0.717) is 17.4 Å². The second-order valence-electron chi connectivity index (χ2n) is 6.75. The minimum absolute atomic E-state index is 0.137. The van der Waals surface area contributed by atoms with Gasteiger partial charge >= 0.3 is 0 Å². The summed E-state index contributed by atoms with van der Waals surface area (Å²) in [5, 5.41) is 10.0. The van der Waals surface area contributed by atoms with E-state index < -0.39 is 0 Å². The van der Waals surface area contributed by atoms with Crippen molar-refractivity contribution in [2.45, 2.75) is 52.9 Å². The average Bonchev–Trinajstić information content (AvgIpc) is 2.76. The van der Waals surface area contributed by atoms with Crippen LogP contribution in [0.2, 0.25) is 0 Å². The quantitative estimate of drug-likeness (QED) is 0.670. The molecule has 1 heteroatoms. The maximum atomic E-state index is 10.0. The molecule has 0 saturated heterocycles. The molecule has 1 nitrogen and oxygen atoms in total. The lowest BCUT2D eigenvalue weighted by Gasteiger charge is -2.49. The first-order chi connectivity index (χ1) is 7.52. The number of rotatable bonds is 1. The van der Waals surface area contributed by atoms with Gasteiger partial charge in [0.15, 0.2) is 0 Å². The third kappa shape index (κ3) is 0.827. The van der Waals surface area contributed by atoms with Gasteiger partial charge in [0.2, 0.25) is 0 Å². The van der Waals surface area contributed by atoms with Gasteiger partial charge in [-0.25, -0.2) is 0 Å². The maximum Gasteiger partial charge on any atom is 0.0530 e. The molecule has 3 aliphatic rings. The van der Waals surface area contributed by atoms with Gasteiger partial charge in [0.25, 0.3) is 0 Å². The van der Waals surface area contributed by atoms with Gasteiger partial charge in [-0.2, -0.15) is 0 Å². The van der Waals surface area contributed by atoms with E-state index in [-0.39, 0.29) is 5.41 Å². The van der Waals surface area contributed by atoms with E-state index in [9.17, 15) is 5.11 Å². The van der Waals surface area contributed by atoms with Crippen LogP contribution in [0.3, 0.4) is 0 Å². The molecule has 0 aromatic carbocycles. The molecule has 3 aliphatic carbocycles. The largest absolute Gasteiger partial charge is 0.395 e. The molecule has 3 rings (SSSR count). The van der Waals surface area contributed by atoms with Crippen molar-refractivity contribution in [2.75, 3.05) is 6.61 Å². The number of allylic oxidation sites excluding steroid dienone is 1. The Morgan fingerprint density at radius 2 is 2.12 bits per heavy atom. The molecule has 0 radical (unpaired) electrons. The zero-order chi connectivity index (χ0) is 11.6. The molecule has 0 unspecified atom stereocenters. The molecule has 0 aliphatic heterocycles. The van der Waals surface area contributed by atoms with Crippen LogP contribution in [0.25, 0.3) is 0 Å². The van der Waals surface area contributed by atoms with Gasteiger partial charge in [0.1, 0.15) is 0 Å². The Hall–Kier alpha value is -0.300. The molecular weight excluding hydrogens is 196 g/mol. The third-order valence-electron chi connectivity index (χ3n) is 6.55. The molecule has 1 N–H and O–H groups in total. The first-order valence-corrected chi connectivity index (χ1v) is 6.83. The first kappa shape index (κ1) is 10.8. The van der Waals surface area contributed by atoms with Gasteiger partial charge in [-0.05, 0) is 49.4 Å². The third-order valence-corrected chi connectivity index (χ3v) is 6.55. The van der Waals surface area contributed by atoms with Crippen molar-refractivity contribution in [1.82, 2.24) is 0 Å². The van der Waals surface area contributed by atoms with Crippen LogP contribution >= 0.6 is 0 Å². The Morgan fingerprint density at radius 3 is 2.81 bits per heavy atom. The van der Waals surface area contributed by atoms with Gasteiger partial charge in [-0.1, -0.05) is 31.9 Å². The molecule has 0 amide bonds. The zero-order valence-corrected chi connectivity index (χ0v) is 10.8. The summed E-state index contributed by atoms with van der Waals surface area (Å²) in [6, 6.07) is 0. The lowest BCUT2D eigenvalue weighted by Crippen LogP contribution is -2.46. The van der Waals surface area contributed by atoms with E-state index in [1.807, 2.05) is 0 Å². The number of hydrogen-bond acceptors (Lipinski definition) is 1. The molecule has 2 saturated carbocycles. The SMILES string of the molecule is CC1=C[C@@]2(C)CCC[C@]23[C@@H](C)CC[C@]13CO. The smallest absolute Gasteiger partial charge is 0.0530 e. The minimum atomic E-state index is 0.137. The summed E-state index contributed by atoms with van der Waals surface area (Å²) in [6.07, 6.45) is 9.05. The summed E-state index contributed by atoms with van der Waals surface area (Å²) in [5.74, 6) is 0.779. The highest BCUT2D eigenvalue weighted by molar-refractivity contribution is 5.37.